The van der Waals surface area contributed by atoms with Crippen molar-refractivity contribution in [2.75, 3.05) is 13.1 Å². The Morgan fingerprint density at radius 1 is 1.27 bits per heavy atom. The van der Waals surface area contributed by atoms with Crippen molar-refractivity contribution in [1.82, 2.24) is 30.0 Å². The molecular formula is C19H20N6O. The first-order valence-electron chi connectivity index (χ1n) is 8.74. The molecule has 26 heavy (non-hydrogen) atoms. The molecule has 4 heterocycles. The molecule has 0 unspecified atom stereocenters. The van der Waals surface area contributed by atoms with E-state index in [0.717, 1.165) is 42.0 Å². The molecule has 1 atom stereocenters. The fraction of sp³-hybridized carbons (Fsp3) is 0.316. The molecule has 0 saturated carbocycles. The Labute approximate surface area is 151 Å². The number of aromatic nitrogens is 5. The minimum atomic E-state index is -0.0297. The highest BCUT2D eigenvalue weighted by molar-refractivity contribution is 5.93. The topological polar surface area (TPSA) is 87.7 Å². The summed E-state index contributed by atoms with van der Waals surface area (Å²) in [6, 6.07) is 5.56. The second kappa shape index (κ2) is 7.03. The van der Waals surface area contributed by atoms with E-state index in [1.807, 2.05) is 30.2 Å². The van der Waals surface area contributed by atoms with E-state index >= 15 is 0 Å². The number of piperidine rings is 1. The number of amides is 1. The van der Waals surface area contributed by atoms with E-state index < -0.39 is 0 Å². The molecule has 1 amide bonds. The van der Waals surface area contributed by atoms with Crippen LogP contribution in [-0.2, 0) is 0 Å². The molecule has 1 saturated heterocycles. The average Bonchev–Trinajstić information content (AvgIpc) is 3.18. The summed E-state index contributed by atoms with van der Waals surface area (Å²) in [5.74, 6) is 0.193. The van der Waals surface area contributed by atoms with E-state index in [9.17, 15) is 4.79 Å². The van der Waals surface area contributed by atoms with Gasteiger partial charge in [0.05, 0.1) is 17.1 Å². The van der Waals surface area contributed by atoms with Crippen LogP contribution in [-0.4, -0.2) is 49.0 Å². The predicted molar refractivity (Wildman–Crippen MR) is 96.5 cm³/mol. The lowest BCUT2D eigenvalue weighted by Crippen LogP contribution is -2.39. The highest BCUT2D eigenvalue weighted by Crippen LogP contribution is 2.26. The van der Waals surface area contributed by atoms with E-state index in [-0.39, 0.29) is 11.8 Å². The summed E-state index contributed by atoms with van der Waals surface area (Å²) in [4.78, 5) is 27.7. The van der Waals surface area contributed by atoms with Gasteiger partial charge in [0.1, 0.15) is 5.69 Å². The van der Waals surface area contributed by atoms with Crippen molar-refractivity contribution in [2.45, 2.75) is 25.7 Å². The monoisotopic (exact) mass is 348 g/mol. The van der Waals surface area contributed by atoms with Crippen LogP contribution in [0.1, 0.15) is 40.6 Å². The Kier molecular flexibility index (Phi) is 4.43. The number of hydrogen-bond acceptors (Lipinski definition) is 5. The molecule has 4 rings (SSSR count). The van der Waals surface area contributed by atoms with Crippen LogP contribution in [0.25, 0.3) is 11.3 Å². The number of nitrogens with zero attached hydrogens (tertiary/aromatic N) is 5. The molecule has 1 N–H and O–H groups in total. The van der Waals surface area contributed by atoms with Crippen LogP contribution in [0.5, 0.6) is 0 Å². The van der Waals surface area contributed by atoms with E-state index in [1.165, 1.54) is 0 Å². The fourth-order valence-corrected chi connectivity index (χ4v) is 3.35. The number of rotatable bonds is 3. The highest BCUT2D eigenvalue weighted by Gasteiger charge is 2.27. The lowest BCUT2D eigenvalue weighted by atomic mass is 9.94. The molecule has 0 radical (unpaired) electrons. The summed E-state index contributed by atoms with van der Waals surface area (Å²) in [5, 5.41) is 7.12. The summed E-state index contributed by atoms with van der Waals surface area (Å²) in [7, 11) is 0. The molecule has 0 spiro atoms. The van der Waals surface area contributed by atoms with Crippen LogP contribution in [0, 0.1) is 6.92 Å². The number of hydrogen-bond donors (Lipinski definition) is 1. The van der Waals surface area contributed by atoms with Gasteiger partial charge in [0, 0.05) is 49.4 Å². The number of H-pyrrole nitrogens is 1. The summed E-state index contributed by atoms with van der Waals surface area (Å²) in [5.41, 5.74) is 3.97. The van der Waals surface area contributed by atoms with Gasteiger partial charge in [-0.2, -0.15) is 5.10 Å². The third-order valence-electron chi connectivity index (χ3n) is 4.67. The molecule has 1 aliphatic heterocycles. The van der Waals surface area contributed by atoms with Crippen molar-refractivity contribution >= 4 is 5.91 Å². The quantitative estimate of drug-likeness (QED) is 0.786. The number of aryl methyl sites for hydroxylation is 1. The van der Waals surface area contributed by atoms with Crippen LogP contribution < -0.4 is 0 Å². The highest BCUT2D eigenvalue weighted by atomic mass is 16.2. The van der Waals surface area contributed by atoms with Gasteiger partial charge in [-0.3, -0.25) is 24.8 Å². The van der Waals surface area contributed by atoms with E-state index in [0.29, 0.717) is 12.2 Å². The van der Waals surface area contributed by atoms with Crippen LogP contribution in [0.3, 0.4) is 0 Å². The number of likely N-dealkylation sites (tertiary alicyclic amines) is 1. The maximum atomic E-state index is 12.9. The predicted octanol–water partition coefficient (Wildman–Crippen LogP) is 2.59. The Balaban J connectivity index is 1.50. The molecule has 132 valence electrons. The van der Waals surface area contributed by atoms with Gasteiger partial charge in [0.25, 0.3) is 5.91 Å². The zero-order valence-electron chi connectivity index (χ0n) is 14.6. The number of carbonyl (C=O) groups excluding carboxylic acids is 1. The van der Waals surface area contributed by atoms with Crippen molar-refractivity contribution in [3.8, 4) is 11.3 Å². The van der Waals surface area contributed by atoms with Gasteiger partial charge in [0.15, 0.2) is 0 Å². The van der Waals surface area contributed by atoms with Crippen LogP contribution in [0.2, 0.25) is 0 Å². The average molecular weight is 348 g/mol. The third-order valence-corrected chi connectivity index (χ3v) is 4.67. The Bertz CT molecular complexity index is 907. The largest absolute Gasteiger partial charge is 0.337 e. The summed E-state index contributed by atoms with van der Waals surface area (Å²) < 4.78 is 0. The molecule has 3 aromatic heterocycles. The zero-order valence-corrected chi connectivity index (χ0v) is 14.6. The van der Waals surface area contributed by atoms with Gasteiger partial charge < -0.3 is 4.90 Å². The normalized spacial score (nSPS) is 17.3. The first kappa shape index (κ1) is 16.4. The van der Waals surface area contributed by atoms with Crippen LogP contribution >= 0.6 is 0 Å². The van der Waals surface area contributed by atoms with E-state index in [4.69, 9.17) is 0 Å². The van der Waals surface area contributed by atoms with E-state index in [2.05, 4.69) is 25.1 Å². The van der Waals surface area contributed by atoms with Crippen molar-refractivity contribution in [3.63, 3.8) is 0 Å². The molecule has 1 fully saturated rings. The molecule has 0 aliphatic carbocycles. The maximum Gasteiger partial charge on any atom is 0.271 e. The second-order valence-electron chi connectivity index (χ2n) is 6.58. The van der Waals surface area contributed by atoms with Crippen LogP contribution in [0.4, 0.5) is 0 Å². The van der Waals surface area contributed by atoms with Crippen LogP contribution in [0.15, 0.2) is 43.0 Å². The summed E-state index contributed by atoms with van der Waals surface area (Å²) >= 11 is 0. The van der Waals surface area contributed by atoms with Gasteiger partial charge in [-0.1, -0.05) is 0 Å². The molecule has 3 aromatic rings. The zero-order chi connectivity index (χ0) is 17.9. The van der Waals surface area contributed by atoms with Gasteiger partial charge in [0.2, 0.25) is 0 Å². The fourth-order valence-electron chi connectivity index (χ4n) is 3.35. The molecule has 0 bridgehead atoms. The Hall–Kier alpha value is -3.09. The van der Waals surface area contributed by atoms with Crippen molar-refractivity contribution in [2.24, 2.45) is 0 Å². The number of pyridine rings is 1. The maximum absolute atomic E-state index is 12.9. The number of carbonyl (C=O) groups is 1. The van der Waals surface area contributed by atoms with Gasteiger partial charge in [-0.15, -0.1) is 0 Å². The lowest BCUT2D eigenvalue weighted by Gasteiger charge is -2.32. The number of aromatic amines is 1. The molecule has 7 heteroatoms. The summed E-state index contributed by atoms with van der Waals surface area (Å²) in [6.45, 7) is 3.33. The van der Waals surface area contributed by atoms with Gasteiger partial charge in [-0.05, 0) is 38.0 Å². The minimum Gasteiger partial charge on any atom is -0.337 e. The second-order valence-corrected chi connectivity index (χ2v) is 6.58. The standard InChI is InChI=1S/C19H20N6O/c1-13-9-21-11-18(22-13)15-5-3-7-25(12-15)19(26)17-8-16(23-24-17)14-4-2-6-20-10-14/h2,4,6,8-11,15H,3,5,7,12H2,1H3,(H,23,24)/t15-/m0/s1. The first-order valence-corrected chi connectivity index (χ1v) is 8.74. The summed E-state index contributed by atoms with van der Waals surface area (Å²) in [6.07, 6.45) is 8.98. The smallest absolute Gasteiger partial charge is 0.271 e. The van der Waals surface area contributed by atoms with E-state index in [1.54, 1.807) is 24.7 Å². The van der Waals surface area contributed by atoms with Crippen molar-refractivity contribution < 1.29 is 4.79 Å². The Morgan fingerprint density at radius 3 is 3.00 bits per heavy atom. The van der Waals surface area contributed by atoms with Gasteiger partial charge in [-0.25, -0.2) is 0 Å². The molecule has 0 aromatic carbocycles. The third kappa shape index (κ3) is 3.33. The number of nitrogens with one attached hydrogen (secondary N) is 1. The molecular weight excluding hydrogens is 328 g/mol. The minimum absolute atomic E-state index is 0.0297. The van der Waals surface area contributed by atoms with Crippen molar-refractivity contribution in [1.29, 1.82) is 0 Å². The van der Waals surface area contributed by atoms with Crippen molar-refractivity contribution in [3.05, 3.63) is 60.1 Å². The Morgan fingerprint density at radius 2 is 2.19 bits per heavy atom. The molecule has 7 nitrogen and oxygen atoms in total. The first-order chi connectivity index (χ1) is 12.7. The lowest BCUT2D eigenvalue weighted by molar-refractivity contribution is 0.0699. The molecule has 1 aliphatic rings. The van der Waals surface area contributed by atoms with Gasteiger partial charge >= 0.3 is 0 Å². The SMILES string of the molecule is Cc1cncc([C@H]2CCCN(C(=O)c3cc(-c4cccnc4)n[nH]3)C2)n1.